The Balaban J connectivity index is 1.38. The van der Waals surface area contributed by atoms with Gasteiger partial charge in [-0.1, -0.05) is 24.3 Å². The second-order valence-electron chi connectivity index (χ2n) is 8.24. The Morgan fingerprint density at radius 1 is 1.06 bits per heavy atom. The van der Waals surface area contributed by atoms with E-state index in [9.17, 15) is 9.18 Å². The van der Waals surface area contributed by atoms with Crippen LogP contribution in [-0.2, 0) is 13.1 Å². The van der Waals surface area contributed by atoms with Gasteiger partial charge in [-0.2, -0.15) is 0 Å². The largest absolute Gasteiger partial charge is 0.497 e. The molecule has 2 heterocycles. The van der Waals surface area contributed by atoms with Gasteiger partial charge in [0, 0.05) is 18.7 Å². The number of fused-ring (bicyclic) bond motifs is 2. The van der Waals surface area contributed by atoms with Crippen molar-refractivity contribution >= 4 is 10.9 Å². The molecule has 4 aromatic rings. The summed E-state index contributed by atoms with van der Waals surface area (Å²) in [6, 6.07) is 21.4. The molecule has 0 saturated carbocycles. The minimum absolute atomic E-state index is 0.163. The van der Waals surface area contributed by atoms with Crippen molar-refractivity contribution in [2.45, 2.75) is 19.2 Å². The van der Waals surface area contributed by atoms with Crippen LogP contribution in [0, 0.1) is 5.82 Å². The lowest BCUT2D eigenvalue weighted by Gasteiger charge is -2.26. The minimum Gasteiger partial charge on any atom is -0.497 e. The molecule has 0 amide bonds. The first-order valence-electron chi connectivity index (χ1n) is 11.1. The first-order valence-corrected chi connectivity index (χ1v) is 11.1. The predicted molar refractivity (Wildman–Crippen MR) is 128 cm³/mol. The molecule has 1 N–H and O–H groups in total. The zero-order valence-electron chi connectivity index (χ0n) is 18.8. The summed E-state index contributed by atoms with van der Waals surface area (Å²) in [7, 11) is 1.60. The monoisotopic (exact) mass is 460 g/mol. The van der Waals surface area contributed by atoms with Crippen molar-refractivity contribution in [2.75, 3.05) is 20.3 Å². The van der Waals surface area contributed by atoms with Crippen molar-refractivity contribution in [3.05, 3.63) is 100 Å². The molecule has 6 nitrogen and oxygen atoms in total. The predicted octanol–water partition coefficient (Wildman–Crippen LogP) is 4.13. The van der Waals surface area contributed by atoms with Gasteiger partial charge >= 0.3 is 0 Å². The maximum atomic E-state index is 14.0. The fourth-order valence-electron chi connectivity index (χ4n) is 4.17. The van der Waals surface area contributed by atoms with Crippen LogP contribution in [-0.4, -0.2) is 30.9 Å². The highest BCUT2D eigenvalue weighted by atomic mass is 19.1. The first kappa shape index (κ1) is 22.0. The number of para-hydroxylation sites is 2. The van der Waals surface area contributed by atoms with E-state index in [1.165, 1.54) is 12.1 Å². The Labute approximate surface area is 196 Å². The Kier molecular flexibility index (Phi) is 6.18. The van der Waals surface area contributed by atoms with Gasteiger partial charge in [0.1, 0.15) is 24.3 Å². The summed E-state index contributed by atoms with van der Waals surface area (Å²) in [6.07, 6.45) is -0.163. The van der Waals surface area contributed by atoms with E-state index in [4.69, 9.17) is 14.2 Å². The first-order chi connectivity index (χ1) is 16.6. The van der Waals surface area contributed by atoms with Crippen LogP contribution in [0.3, 0.4) is 0 Å². The molecule has 5 rings (SSSR count). The number of benzene rings is 3. The molecule has 1 aromatic heterocycles. The highest BCUT2D eigenvalue weighted by Gasteiger charge is 2.20. The second-order valence-corrected chi connectivity index (χ2v) is 8.24. The van der Waals surface area contributed by atoms with Gasteiger partial charge in [0.25, 0.3) is 5.56 Å². The molecule has 1 aliphatic rings. The molecule has 0 spiro atoms. The number of nitrogens with one attached hydrogen (secondary N) is 1. The summed E-state index contributed by atoms with van der Waals surface area (Å²) in [5.41, 5.74) is 1.87. The third kappa shape index (κ3) is 4.61. The van der Waals surface area contributed by atoms with Crippen molar-refractivity contribution in [1.82, 2.24) is 9.88 Å². The highest BCUT2D eigenvalue weighted by Crippen LogP contribution is 2.30. The summed E-state index contributed by atoms with van der Waals surface area (Å²) in [5.74, 6) is 1.77. The molecule has 0 bridgehead atoms. The Morgan fingerprint density at radius 2 is 1.91 bits per heavy atom. The van der Waals surface area contributed by atoms with E-state index < -0.39 is 0 Å². The van der Waals surface area contributed by atoms with Crippen LogP contribution in [0.4, 0.5) is 4.39 Å². The normalized spacial score (nSPS) is 14.8. The van der Waals surface area contributed by atoms with Crippen LogP contribution in [0.15, 0.2) is 77.6 Å². The molecular weight excluding hydrogens is 435 g/mol. The van der Waals surface area contributed by atoms with E-state index in [-0.39, 0.29) is 17.5 Å². The van der Waals surface area contributed by atoms with Crippen molar-refractivity contribution in [3.8, 4) is 17.2 Å². The molecule has 174 valence electrons. The number of hydrogen-bond acceptors (Lipinski definition) is 5. The van der Waals surface area contributed by atoms with Gasteiger partial charge < -0.3 is 24.1 Å². The molecule has 7 heteroatoms. The third-order valence-electron chi connectivity index (χ3n) is 5.86. The van der Waals surface area contributed by atoms with Crippen LogP contribution in [0.25, 0.3) is 10.9 Å². The van der Waals surface area contributed by atoms with Crippen molar-refractivity contribution < 1.29 is 18.6 Å². The number of hydrogen-bond donors (Lipinski definition) is 1. The molecule has 0 radical (unpaired) electrons. The lowest BCUT2D eigenvalue weighted by atomic mass is 10.1. The van der Waals surface area contributed by atoms with Crippen molar-refractivity contribution in [3.63, 3.8) is 0 Å². The molecule has 0 unspecified atom stereocenters. The number of rotatable bonds is 7. The van der Waals surface area contributed by atoms with Gasteiger partial charge in [-0.3, -0.25) is 4.79 Å². The average Bonchev–Trinajstić information content (AvgIpc) is 2.86. The molecular formula is C27H25FN2O4. The summed E-state index contributed by atoms with van der Waals surface area (Å²) >= 11 is 0. The standard InChI is InChI=1S/C27H25FN2O4/c1-32-22-6-4-5-18(11-22)16-30-24-13-21(28)10-9-19(24)12-20(27(30)31)14-29-15-23-17-33-25-7-2-3-8-26(25)34-23/h2-13,23,29H,14-17H2,1H3/t23-/m0/s1. The number of pyridine rings is 1. The summed E-state index contributed by atoms with van der Waals surface area (Å²) in [4.78, 5) is 13.4. The zero-order valence-corrected chi connectivity index (χ0v) is 18.8. The van der Waals surface area contributed by atoms with Gasteiger partial charge in [0.15, 0.2) is 11.5 Å². The summed E-state index contributed by atoms with van der Waals surface area (Å²) in [5, 5.41) is 4.11. The number of halogens is 1. The molecule has 0 saturated heterocycles. The average molecular weight is 461 g/mol. The van der Waals surface area contributed by atoms with Gasteiger partial charge in [-0.25, -0.2) is 4.39 Å². The highest BCUT2D eigenvalue weighted by molar-refractivity contribution is 5.79. The fraction of sp³-hybridized carbons (Fsp3) is 0.222. The SMILES string of the molecule is COc1cccc(Cn2c(=O)c(CNC[C@H]3COc4ccccc4O3)cc3ccc(F)cc32)c1. The number of nitrogens with zero attached hydrogens (tertiary/aromatic N) is 1. The lowest BCUT2D eigenvalue weighted by Crippen LogP contribution is -2.39. The van der Waals surface area contributed by atoms with Crippen LogP contribution in [0.1, 0.15) is 11.1 Å². The fourth-order valence-corrected chi connectivity index (χ4v) is 4.17. The molecule has 0 aliphatic carbocycles. The number of ether oxygens (including phenoxy) is 3. The zero-order chi connectivity index (χ0) is 23.5. The Morgan fingerprint density at radius 3 is 2.76 bits per heavy atom. The minimum atomic E-state index is -0.383. The summed E-state index contributed by atoms with van der Waals surface area (Å²) in [6.45, 7) is 1.61. The number of aromatic nitrogens is 1. The van der Waals surface area contributed by atoms with Crippen LogP contribution in [0.2, 0.25) is 0 Å². The van der Waals surface area contributed by atoms with E-state index in [2.05, 4.69) is 5.32 Å². The van der Waals surface area contributed by atoms with E-state index >= 15 is 0 Å². The van der Waals surface area contributed by atoms with Crippen molar-refractivity contribution in [1.29, 1.82) is 0 Å². The lowest BCUT2D eigenvalue weighted by molar-refractivity contribution is 0.0902. The third-order valence-corrected chi connectivity index (χ3v) is 5.86. The van der Waals surface area contributed by atoms with Crippen LogP contribution < -0.4 is 25.1 Å². The smallest absolute Gasteiger partial charge is 0.255 e. The molecule has 1 aliphatic heterocycles. The Bertz CT molecular complexity index is 1380. The quantitative estimate of drug-likeness (QED) is 0.450. The van der Waals surface area contributed by atoms with Gasteiger partial charge in [-0.05, 0) is 59.5 Å². The number of methoxy groups -OCH3 is 1. The van der Waals surface area contributed by atoms with Gasteiger partial charge in [0.2, 0.25) is 0 Å². The van der Waals surface area contributed by atoms with Crippen molar-refractivity contribution in [2.24, 2.45) is 0 Å². The van der Waals surface area contributed by atoms with Crippen LogP contribution in [0.5, 0.6) is 17.2 Å². The molecule has 3 aromatic carbocycles. The molecule has 1 atom stereocenters. The summed E-state index contributed by atoms with van der Waals surface area (Å²) < 4.78 is 32.7. The van der Waals surface area contributed by atoms with Gasteiger partial charge in [-0.15, -0.1) is 0 Å². The van der Waals surface area contributed by atoms with E-state index in [0.29, 0.717) is 48.8 Å². The second kappa shape index (κ2) is 9.57. The van der Waals surface area contributed by atoms with Gasteiger partial charge in [0.05, 0.1) is 19.2 Å². The maximum Gasteiger partial charge on any atom is 0.255 e. The molecule has 34 heavy (non-hydrogen) atoms. The van der Waals surface area contributed by atoms with E-state index in [1.807, 2.05) is 54.6 Å². The van der Waals surface area contributed by atoms with Crippen LogP contribution >= 0.6 is 0 Å². The maximum absolute atomic E-state index is 14.0. The van der Waals surface area contributed by atoms with E-state index in [1.54, 1.807) is 17.7 Å². The molecule has 0 fully saturated rings. The Hall–Kier alpha value is -3.84. The van der Waals surface area contributed by atoms with E-state index in [0.717, 1.165) is 16.7 Å². The topological polar surface area (TPSA) is 61.7 Å².